The highest BCUT2D eigenvalue weighted by Crippen LogP contribution is 2.24. The quantitative estimate of drug-likeness (QED) is 0.311. The molecule has 0 aromatic carbocycles. The third kappa shape index (κ3) is 9.70. The van der Waals surface area contributed by atoms with Crippen molar-refractivity contribution >= 4 is 0 Å². The summed E-state index contributed by atoms with van der Waals surface area (Å²) in [5.41, 5.74) is 0. The van der Waals surface area contributed by atoms with Crippen molar-refractivity contribution in [3.8, 4) is 0 Å². The molecule has 0 aromatic heterocycles. The average Bonchev–Trinajstić information content (AvgIpc) is 2.77. The maximum absolute atomic E-state index is 6.38. The average molecular weight is 409 g/mol. The maximum Gasteiger partial charge on any atom is 0.0599 e. The SMILES string of the molecule is CCCCCCCC(C)N1CCC(COC2CCN(CC(CC)CC)CC2)CC1. The predicted octanol–water partition coefficient (Wildman–Crippen LogP) is 6.36. The lowest BCUT2D eigenvalue weighted by atomic mass is 9.95. The molecule has 0 N–H and O–H groups in total. The highest BCUT2D eigenvalue weighted by molar-refractivity contribution is 4.78. The van der Waals surface area contributed by atoms with E-state index < -0.39 is 0 Å². The van der Waals surface area contributed by atoms with Gasteiger partial charge in [0.1, 0.15) is 0 Å². The van der Waals surface area contributed by atoms with Gasteiger partial charge in [-0.15, -0.1) is 0 Å². The zero-order valence-corrected chi connectivity index (χ0v) is 20.3. The van der Waals surface area contributed by atoms with Crippen LogP contribution in [0.4, 0.5) is 0 Å². The van der Waals surface area contributed by atoms with Gasteiger partial charge < -0.3 is 14.5 Å². The van der Waals surface area contributed by atoms with Gasteiger partial charge in [0.2, 0.25) is 0 Å². The van der Waals surface area contributed by atoms with Crippen LogP contribution in [0.25, 0.3) is 0 Å². The molecule has 2 aliphatic rings. The van der Waals surface area contributed by atoms with Crippen molar-refractivity contribution < 1.29 is 4.74 Å². The molecule has 0 amide bonds. The van der Waals surface area contributed by atoms with Crippen molar-refractivity contribution in [2.24, 2.45) is 11.8 Å². The number of hydrogen-bond donors (Lipinski definition) is 0. The Labute approximate surface area is 182 Å². The van der Waals surface area contributed by atoms with Gasteiger partial charge in [0, 0.05) is 32.3 Å². The van der Waals surface area contributed by atoms with Gasteiger partial charge in [0.25, 0.3) is 0 Å². The Morgan fingerprint density at radius 1 is 0.828 bits per heavy atom. The molecule has 1 atom stereocenters. The Morgan fingerprint density at radius 3 is 2.10 bits per heavy atom. The number of likely N-dealkylation sites (tertiary alicyclic amines) is 2. The third-order valence-electron chi connectivity index (χ3n) is 7.77. The second-order valence-corrected chi connectivity index (χ2v) is 10.0. The van der Waals surface area contributed by atoms with E-state index in [1.54, 1.807) is 0 Å². The lowest BCUT2D eigenvalue weighted by Crippen LogP contribution is -2.42. The highest BCUT2D eigenvalue weighted by Gasteiger charge is 2.25. The summed E-state index contributed by atoms with van der Waals surface area (Å²) in [4.78, 5) is 5.42. The van der Waals surface area contributed by atoms with Gasteiger partial charge >= 0.3 is 0 Å². The summed E-state index contributed by atoms with van der Waals surface area (Å²) in [5.74, 6) is 1.68. The minimum Gasteiger partial charge on any atom is -0.378 e. The minimum absolute atomic E-state index is 0.521. The molecule has 2 saturated heterocycles. The molecule has 1 unspecified atom stereocenters. The van der Waals surface area contributed by atoms with E-state index >= 15 is 0 Å². The maximum atomic E-state index is 6.38. The molecule has 3 nitrogen and oxygen atoms in total. The molecular formula is C26H52N2O. The van der Waals surface area contributed by atoms with Gasteiger partial charge in [-0.05, 0) is 64.0 Å². The fraction of sp³-hybridized carbons (Fsp3) is 1.00. The van der Waals surface area contributed by atoms with Crippen LogP contribution in [0.15, 0.2) is 0 Å². The van der Waals surface area contributed by atoms with Crippen LogP contribution >= 0.6 is 0 Å². The molecule has 0 aromatic rings. The van der Waals surface area contributed by atoms with E-state index in [2.05, 4.69) is 37.5 Å². The first-order valence-corrected chi connectivity index (χ1v) is 13.2. The first-order chi connectivity index (χ1) is 14.2. The molecular weight excluding hydrogens is 356 g/mol. The first-order valence-electron chi connectivity index (χ1n) is 13.2. The number of piperidine rings is 2. The summed E-state index contributed by atoms with van der Waals surface area (Å²) in [6.45, 7) is 16.8. The molecule has 0 spiro atoms. The molecule has 3 heteroatoms. The zero-order valence-electron chi connectivity index (χ0n) is 20.3. The van der Waals surface area contributed by atoms with Crippen LogP contribution in [-0.4, -0.2) is 61.3 Å². The molecule has 0 radical (unpaired) electrons. The van der Waals surface area contributed by atoms with Gasteiger partial charge in [0.15, 0.2) is 0 Å². The Morgan fingerprint density at radius 2 is 1.48 bits per heavy atom. The van der Waals surface area contributed by atoms with Crippen molar-refractivity contribution in [1.29, 1.82) is 0 Å². The van der Waals surface area contributed by atoms with Gasteiger partial charge in [-0.1, -0.05) is 65.7 Å². The summed E-state index contributed by atoms with van der Waals surface area (Å²) >= 11 is 0. The Balaban J connectivity index is 1.53. The molecule has 29 heavy (non-hydrogen) atoms. The van der Waals surface area contributed by atoms with Crippen molar-refractivity contribution in [3.05, 3.63) is 0 Å². The molecule has 2 aliphatic heterocycles. The van der Waals surface area contributed by atoms with Crippen LogP contribution in [0.2, 0.25) is 0 Å². The summed E-state index contributed by atoms with van der Waals surface area (Å²) < 4.78 is 6.38. The fourth-order valence-electron chi connectivity index (χ4n) is 5.23. The van der Waals surface area contributed by atoms with E-state index in [0.29, 0.717) is 6.10 Å². The van der Waals surface area contributed by atoms with Crippen molar-refractivity contribution in [1.82, 2.24) is 9.80 Å². The van der Waals surface area contributed by atoms with Crippen LogP contribution in [0.1, 0.15) is 105 Å². The smallest absolute Gasteiger partial charge is 0.0599 e. The molecule has 172 valence electrons. The predicted molar refractivity (Wildman–Crippen MR) is 127 cm³/mol. The number of ether oxygens (including phenoxy) is 1. The molecule has 2 fully saturated rings. The summed E-state index contributed by atoms with van der Waals surface area (Å²) in [6, 6.07) is 0.776. The van der Waals surface area contributed by atoms with E-state index in [-0.39, 0.29) is 0 Å². The van der Waals surface area contributed by atoms with Crippen LogP contribution in [0.3, 0.4) is 0 Å². The second-order valence-electron chi connectivity index (χ2n) is 10.0. The van der Waals surface area contributed by atoms with E-state index in [1.807, 2.05) is 0 Å². The minimum atomic E-state index is 0.521. The van der Waals surface area contributed by atoms with Crippen LogP contribution in [0.5, 0.6) is 0 Å². The monoisotopic (exact) mass is 408 g/mol. The van der Waals surface area contributed by atoms with Crippen molar-refractivity contribution in [3.63, 3.8) is 0 Å². The normalized spacial score (nSPS) is 21.8. The molecule has 0 saturated carbocycles. The van der Waals surface area contributed by atoms with Crippen molar-refractivity contribution in [2.75, 3.05) is 39.3 Å². The summed E-state index contributed by atoms with van der Waals surface area (Å²) in [7, 11) is 0. The van der Waals surface area contributed by atoms with Crippen LogP contribution in [-0.2, 0) is 4.74 Å². The van der Waals surface area contributed by atoms with E-state index in [9.17, 15) is 0 Å². The zero-order chi connectivity index (χ0) is 20.9. The van der Waals surface area contributed by atoms with Gasteiger partial charge in [-0.25, -0.2) is 0 Å². The number of hydrogen-bond acceptors (Lipinski definition) is 3. The molecule has 2 rings (SSSR count). The number of nitrogens with zero attached hydrogens (tertiary/aromatic N) is 2. The lowest BCUT2D eigenvalue weighted by molar-refractivity contribution is -0.0233. The van der Waals surface area contributed by atoms with E-state index in [4.69, 9.17) is 4.74 Å². The molecule has 0 aliphatic carbocycles. The molecule has 0 bridgehead atoms. The summed E-state index contributed by atoms with van der Waals surface area (Å²) in [5, 5.41) is 0. The summed E-state index contributed by atoms with van der Waals surface area (Å²) in [6.07, 6.45) is 16.8. The van der Waals surface area contributed by atoms with E-state index in [0.717, 1.165) is 24.5 Å². The lowest BCUT2D eigenvalue weighted by Gasteiger charge is -2.37. The standard InChI is InChI=1S/C26H52N2O/c1-5-8-9-10-11-12-23(4)28-19-13-25(14-20-28)22-29-26-15-17-27(18-16-26)21-24(6-2)7-3/h23-26H,5-22H2,1-4H3. The van der Waals surface area contributed by atoms with Crippen molar-refractivity contribution in [2.45, 2.75) is 117 Å². The third-order valence-corrected chi connectivity index (χ3v) is 7.77. The number of unbranched alkanes of at least 4 members (excludes halogenated alkanes) is 4. The van der Waals surface area contributed by atoms with E-state index in [1.165, 1.54) is 110 Å². The van der Waals surface area contributed by atoms with Crippen LogP contribution < -0.4 is 0 Å². The molecule has 2 heterocycles. The number of rotatable bonds is 14. The van der Waals surface area contributed by atoms with Gasteiger partial charge in [-0.3, -0.25) is 0 Å². The van der Waals surface area contributed by atoms with Gasteiger partial charge in [0.05, 0.1) is 6.10 Å². The Bertz CT molecular complexity index is 382. The topological polar surface area (TPSA) is 15.7 Å². The van der Waals surface area contributed by atoms with Crippen LogP contribution in [0, 0.1) is 11.8 Å². The first kappa shape index (κ1) is 25.1. The largest absolute Gasteiger partial charge is 0.378 e. The van der Waals surface area contributed by atoms with Gasteiger partial charge in [-0.2, -0.15) is 0 Å². The Kier molecular flexibility index (Phi) is 12.8. The second kappa shape index (κ2) is 14.8. The highest BCUT2D eigenvalue weighted by atomic mass is 16.5. The fourth-order valence-corrected chi connectivity index (χ4v) is 5.23. The Hall–Kier alpha value is -0.120.